The average Bonchev–Trinajstić information content (AvgIpc) is 3.24. The third kappa shape index (κ3) is 3.88. The van der Waals surface area contributed by atoms with Crippen molar-refractivity contribution in [3.8, 4) is 5.75 Å². The summed E-state index contributed by atoms with van der Waals surface area (Å²) in [6.07, 6.45) is 5.17. The van der Waals surface area contributed by atoms with Crippen LogP contribution in [-0.4, -0.2) is 68.3 Å². The smallest absolute Gasteiger partial charge is 0.142 e. The summed E-state index contributed by atoms with van der Waals surface area (Å²) in [6, 6.07) is 18.9. The molecule has 2 aromatic carbocycles. The van der Waals surface area contributed by atoms with Crippen LogP contribution in [0.2, 0.25) is 0 Å². The van der Waals surface area contributed by atoms with E-state index in [2.05, 4.69) is 63.2 Å². The van der Waals surface area contributed by atoms with Gasteiger partial charge in [-0.2, -0.15) is 0 Å². The van der Waals surface area contributed by atoms with Gasteiger partial charge in [-0.15, -0.1) is 0 Å². The minimum Gasteiger partial charge on any atom is -0.495 e. The van der Waals surface area contributed by atoms with E-state index in [1.807, 2.05) is 0 Å². The molecule has 1 aliphatic carbocycles. The van der Waals surface area contributed by atoms with Gasteiger partial charge in [0.1, 0.15) is 5.75 Å². The fourth-order valence-corrected chi connectivity index (χ4v) is 5.63. The molecule has 4 nitrogen and oxygen atoms in total. The summed E-state index contributed by atoms with van der Waals surface area (Å²) in [6.45, 7) is 7.00. The molecule has 0 saturated carbocycles. The minimum absolute atomic E-state index is 0.713. The Bertz CT molecular complexity index is 805. The molecule has 3 aliphatic rings. The molecule has 2 aromatic rings. The second-order valence-corrected chi connectivity index (χ2v) is 8.82. The lowest BCUT2D eigenvalue weighted by atomic mass is 10.00. The number of anilines is 1. The molecule has 4 heteroatoms. The maximum Gasteiger partial charge on any atom is 0.142 e. The van der Waals surface area contributed by atoms with Crippen LogP contribution < -0.4 is 9.64 Å². The third-order valence-corrected chi connectivity index (χ3v) is 7.23. The number of piperidine rings is 1. The van der Waals surface area contributed by atoms with E-state index in [0.29, 0.717) is 12.1 Å². The molecular weight excluding hydrogens is 358 g/mol. The molecule has 1 atom stereocenters. The summed E-state index contributed by atoms with van der Waals surface area (Å²) in [5, 5.41) is 0. The predicted octanol–water partition coefficient (Wildman–Crippen LogP) is 3.45. The van der Waals surface area contributed by atoms with Gasteiger partial charge >= 0.3 is 0 Å². The number of fused-ring (bicyclic) bond motifs is 1. The van der Waals surface area contributed by atoms with Crippen molar-refractivity contribution < 1.29 is 4.74 Å². The molecule has 0 N–H and O–H groups in total. The van der Waals surface area contributed by atoms with Crippen molar-refractivity contribution in [1.82, 2.24) is 9.80 Å². The fraction of sp³-hybridized carbons (Fsp3) is 0.520. The van der Waals surface area contributed by atoms with Crippen LogP contribution >= 0.6 is 0 Å². The number of benzene rings is 2. The Kier molecular flexibility index (Phi) is 5.47. The van der Waals surface area contributed by atoms with Gasteiger partial charge in [0.2, 0.25) is 0 Å². The Hall–Kier alpha value is -2.04. The first-order valence-electron chi connectivity index (χ1n) is 11.2. The molecule has 0 amide bonds. The van der Waals surface area contributed by atoms with Crippen molar-refractivity contribution in [2.75, 3.05) is 51.3 Å². The summed E-state index contributed by atoms with van der Waals surface area (Å²) >= 11 is 0. The van der Waals surface area contributed by atoms with Crippen LogP contribution in [0.4, 0.5) is 5.69 Å². The molecule has 2 heterocycles. The number of ether oxygens (including phenoxy) is 1. The lowest BCUT2D eigenvalue weighted by molar-refractivity contribution is 0.0695. The summed E-state index contributed by atoms with van der Waals surface area (Å²) in [4.78, 5) is 8.03. The van der Waals surface area contributed by atoms with Gasteiger partial charge in [0.25, 0.3) is 0 Å². The molecule has 2 saturated heterocycles. The van der Waals surface area contributed by atoms with Gasteiger partial charge in [-0.05, 0) is 55.5 Å². The summed E-state index contributed by atoms with van der Waals surface area (Å²) in [7, 11) is 1.77. The van der Waals surface area contributed by atoms with Crippen molar-refractivity contribution >= 4 is 5.69 Å². The lowest BCUT2D eigenvalue weighted by Gasteiger charge is -2.45. The zero-order valence-corrected chi connectivity index (χ0v) is 17.6. The van der Waals surface area contributed by atoms with Gasteiger partial charge < -0.3 is 9.64 Å². The zero-order valence-electron chi connectivity index (χ0n) is 17.6. The topological polar surface area (TPSA) is 19.0 Å². The molecule has 29 heavy (non-hydrogen) atoms. The van der Waals surface area contributed by atoms with Crippen molar-refractivity contribution in [2.45, 2.75) is 37.8 Å². The van der Waals surface area contributed by atoms with E-state index in [-0.39, 0.29) is 0 Å². The standard InChI is InChI=1S/C25H33N3O/c1-29-25-11-5-4-10-24(25)27-15-13-26(14-16-27)22-9-6-12-28(19-22)23-17-20-7-2-3-8-21(20)18-23/h2-5,7-8,10-11,22-23H,6,9,12-19H2,1H3. The molecule has 0 aromatic heterocycles. The largest absolute Gasteiger partial charge is 0.495 e. The fourth-order valence-electron chi connectivity index (χ4n) is 5.63. The Morgan fingerprint density at radius 1 is 0.759 bits per heavy atom. The SMILES string of the molecule is COc1ccccc1N1CCN(C2CCCN(C3Cc4ccccc4C3)C2)CC1. The number of nitrogens with zero attached hydrogens (tertiary/aromatic N) is 3. The highest BCUT2D eigenvalue weighted by Crippen LogP contribution is 2.31. The van der Waals surface area contributed by atoms with E-state index >= 15 is 0 Å². The molecule has 154 valence electrons. The first kappa shape index (κ1) is 19.0. The highest BCUT2D eigenvalue weighted by Gasteiger charge is 2.33. The van der Waals surface area contributed by atoms with Gasteiger partial charge in [-0.1, -0.05) is 36.4 Å². The second-order valence-electron chi connectivity index (χ2n) is 8.82. The highest BCUT2D eigenvalue weighted by molar-refractivity contribution is 5.58. The van der Waals surface area contributed by atoms with E-state index < -0.39 is 0 Å². The molecule has 5 rings (SSSR count). The van der Waals surface area contributed by atoms with Crippen molar-refractivity contribution in [3.05, 3.63) is 59.7 Å². The van der Waals surface area contributed by atoms with Crippen LogP contribution in [-0.2, 0) is 12.8 Å². The maximum absolute atomic E-state index is 5.58. The van der Waals surface area contributed by atoms with E-state index in [9.17, 15) is 0 Å². The van der Waals surface area contributed by atoms with Crippen LogP contribution in [0, 0.1) is 0 Å². The first-order valence-corrected chi connectivity index (χ1v) is 11.2. The minimum atomic E-state index is 0.713. The molecule has 1 unspecified atom stereocenters. The molecule has 0 radical (unpaired) electrons. The van der Waals surface area contributed by atoms with Gasteiger partial charge in [0, 0.05) is 44.8 Å². The highest BCUT2D eigenvalue weighted by atomic mass is 16.5. The Balaban J connectivity index is 1.18. The van der Waals surface area contributed by atoms with Gasteiger partial charge in [0.05, 0.1) is 12.8 Å². The number of para-hydroxylation sites is 2. The van der Waals surface area contributed by atoms with Crippen LogP contribution in [0.5, 0.6) is 5.75 Å². The van der Waals surface area contributed by atoms with Gasteiger partial charge in [-0.3, -0.25) is 9.80 Å². The number of piperazine rings is 1. The zero-order chi connectivity index (χ0) is 19.6. The Morgan fingerprint density at radius 2 is 1.45 bits per heavy atom. The summed E-state index contributed by atoms with van der Waals surface area (Å²) in [5.74, 6) is 0.991. The van der Waals surface area contributed by atoms with Crippen LogP contribution in [0.25, 0.3) is 0 Å². The van der Waals surface area contributed by atoms with Crippen LogP contribution in [0.15, 0.2) is 48.5 Å². The third-order valence-electron chi connectivity index (χ3n) is 7.23. The monoisotopic (exact) mass is 391 g/mol. The molecular formula is C25H33N3O. The van der Waals surface area contributed by atoms with Crippen molar-refractivity contribution in [1.29, 1.82) is 0 Å². The van der Waals surface area contributed by atoms with Gasteiger partial charge in [0.15, 0.2) is 0 Å². The number of methoxy groups -OCH3 is 1. The van der Waals surface area contributed by atoms with Crippen molar-refractivity contribution in [3.63, 3.8) is 0 Å². The molecule has 2 fully saturated rings. The lowest BCUT2D eigenvalue weighted by Crippen LogP contribution is -2.56. The summed E-state index contributed by atoms with van der Waals surface area (Å²) < 4.78 is 5.58. The normalized spacial score (nSPS) is 23.9. The van der Waals surface area contributed by atoms with Crippen LogP contribution in [0.3, 0.4) is 0 Å². The number of rotatable bonds is 4. The molecule has 0 spiro atoms. The number of likely N-dealkylation sites (tertiary alicyclic amines) is 1. The summed E-state index contributed by atoms with van der Waals surface area (Å²) in [5.41, 5.74) is 4.39. The first-order chi connectivity index (χ1) is 14.3. The molecule has 0 bridgehead atoms. The molecule has 2 aliphatic heterocycles. The van der Waals surface area contributed by atoms with E-state index in [4.69, 9.17) is 4.74 Å². The second kappa shape index (κ2) is 8.37. The van der Waals surface area contributed by atoms with Crippen LogP contribution in [0.1, 0.15) is 24.0 Å². The Labute approximate surface area is 175 Å². The number of hydrogen-bond acceptors (Lipinski definition) is 4. The van der Waals surface area contributed by atoms with Gasteiger partial charge in [-0.25, -0.2) is 0 Å². The predicted molar refractivity (Wildman–Crippen MR) is 119 cm³/mol. The average molecular weight is 392 g/mol. The van der Waals surface area contributed by atoms with Crippen molar-refractivity contribution in [2.24, 2.45) is 0 Å². The number of hydrogen-bond donors (Lipinski definition) is 0. The maximum atomic E-state index is 5.58. The van der Waals surface area contributed by atoms with E-state index in [0.717, 1.165) is 31.9 Å². The van der Waals surface area contributed by atoms with E-state index in [1.165, 1.54) is 44.5 Å². The quantitative estimate of drug-likeness (QED) is 0.795. The Morgan fingerprint density at radius 3 is 2.17 bits per heavy atom. The van der Waals surface area contributed by atoms with E-state index in [1.54, 1.807) is 18.2 Å².